The first kappa shape index (κ1) is 18.2. The minimum absolute atomic E-state index is 0.0314. The summed E-state index contributed by atoms with van der Waals surface area (Å²) in [6, 6.07) is 0. The highest BCUT2D eigenvalue weighted by Crippen LogP contribution is 2.33. The smallest absolute Gasteiger partial charge is 0.334 e. The van der Waals surface area contributed by atoms with E-state index in [9.17, 15) is 14.7 Å². The molecule has 1 fully saturated rings. The molecule has 1 aliphatic carbocycles. The van der Waals surface area contributed by atoms with Crippen molar-refractivity contribution in [3.63, 3.8) is 0 Å². The van der Waals surface area contributed by atoms with Gasteiger partial charge in [-0.25, -0.2) is 9.59 Å². The lowest BCUT2D eigenvalue weighted by molar-refractivity contribution is -0.137. The molecule has 2 aliphatic rings. The van der Waals surface area contributed by atoms with Crippen LogP contribution in [0.2, 0.25) is 0 Å². The SMILES string of the molecule is C=C1C(=O)OC2/C=C(/C)CC/C=C(/C(=O)O)CC/C=C(/C)CC[C@@H]12. The van der Waals surface area contributed by atoms with Crippen molar-refractivity contribution < 1.29 is 19.4 Å². The fourth-order valence-corrected chi connectivity index (χ4v) is 3.21. The lowest BCUT2D eigenvalue weighted by Gasteiger charge is -2.16. The number of fused-ring (bicyclic) bond motifs is 1. The molecule has 0 aromatic rings. The highest BCUT2D eigenvalue weighted by atomic mass is 16.5. The van der Waals surface area contributed by atoms with Crippen LogP contribution in [0, 0.1) is 5.92 Å². The van der Waals surface area contributed by atoms with Gasteiger partial charge in [0.2, 0.25) is 0 Å². The van der Waals surface area contributed by atoms with Crippen LogP contribution in [-0.2, 0) is 14.3 Å². The number of allylic oxidation sites excluding steroid dienone is 4. The van der Waals surface area contributed by atoms with E-state index >= 15 is 0 Å². The number of esters is 1. The summed E-state index contributed by atoms with van der Waals surface area (Å²) in [7, 11) is 0. The zero-order chi connectivity index (χ0) is 17.7. The van der Waals surface area contributed by atoms with Gasteiger partial charge >= 0.3 is 11.9 Å². The number of hydrogen-bond donors (Lipinski definition) is 1. The van der Waals surface area contributed by atoms with Gasteiger partial charge in [0.15, 0.2) is 0 Å². The summed E-state index contributed by atoms with van der Waals surface area (Å²) in [5.41, 5.74) is 3.36. The Kier molecular flexibility index (Phi) is 6.18. The highest BCUT2D eigenvalue weighted by Gasteiger charge is 2.36. The molecule has 0 radical (unpaired) electrons. The Hall–Kier alpha value is -2.10. The summed E-state index contributed by atoms with van der Waals surface area (Å²) in [5.74, 6) is -1.10. The molecule has 2 atom stereocenters. The van der Waals surface area contributed by atoms with Crippen molar-refractivity contribution >= 4 is 11.9 Å². The minimum Gasteiger partial charge on any atom is -0.478 e. The van der Waals surface area contributed by atoms with E-state index in [1.54, 1.807) is 0 Å². The zero-order valence-corrected chi connectivity index (χ0v) is 14.5. The first-order chi connectivity index (χ1) is 11.4. The molecule has 0 saturated carbocycles. The maximum atomic E-state index is 11.8. The molecular formula is C20H26O4. The normalized spacial score (nSPS) is 33.0. The van der Waals surface area contributed by atoms with Crippen LogP contribution in [0.5, 0.6) is 0 Å². The number of rotatable bonds is 1. The summed E-state index contributed by atoms with van der Waals surface area (Å²) < 4.78 is 5.46. The Labute approximate surface area is 143 Å². The van der Waals surface area contributed by atoms with Gasteiger partial charge in [0.25, 0.3) is 0 Å². The lowest BCUT2D eigenvalue weighted by atomic mass is 9.89. The van der Waals surface area contributed by atoms with Gasteiger partial charge in [0, 0.05) is 17.1 Å². The van der Waals surface area contributed by atoms with Crippen molar-refractivity contribution in [2.75, 3.05) is 0 Å². The highest BCUT2D eigenvalue weighted by molar-refractivity contribution is 5.91. The molecule has 4 nitrogen and oxygen atoms in total. The van der Waals surface area contributed by atoms with E-state index in [0.29, 0.717) is 24.0 Å². The zero-order valence-electron chi connectivity index (χ0n) is 14.5. The van der Waals surface area contributed by atoms with Gasteiger partial charge in [-0.15, -0.1) is 0 Å². The molecule has 1 N–H and O–H groups in total. The second-order valence-corrected chi connectivity index (χ2v) is 6.72. The maximum Gasteiger partial charge on any atom is 0.334 e. The van der Waals surface area contributed by atoms with Crippen molar-refractivity contribution in [1.29, 1.82) is 0 Å². The summed E-state index contributed by atoms with van der Waals surface area (Å²) >= 11 is 0. The number of carbonyl (C=O) groups is 2. The molecule has 1 heterocycles. The number of carboxylic acid groups (broad SMARTS) is 1. The quantitative estimate of drug-likeness (QED) is 0.441. The standard InChI is InChI=1S/C20H26O4/c1-13-6-4-8-16(19(21)22)9-5-7-14(2)12-18-17(11-10-13)15(3)20(23)24-18/h6,9,12,17-18H,3-5,7-8,10-11H2,1-2H3,(H,21,22)/b13-6-,14-12-,16-9+/t17-,18?/m0/s1. The van der Waals surface area contributed by atoms with Crippen molar-refractivity contribution in [2.45, 2.75) is 58.5 Å². The van der Waals surface area contributed by atoms with E-state index in [0.717, 1.165) is 31.3 Å². The Balaban J connectivity index is 2.23. The molecule has 1 unspecified atom stereocenters. The van der Waals surface area contributed by atoms with Crippen molar-refractivity contribution in [2.24, 2.45) is 5.92 Å². The first-order valence-electron chi connectivity index (χ1n) is 8.53. The van der Waals surface area contributed by atoms with Crippen molar-refractivity contribution in [1.82, 2.24) is 0 Å². The van der Waals surface area contributed by atoms with Crippen LogP contribution in [0.3, 0.4) is 0 Å². The van der Waals surface area contributed by atoms with Gasteiger partial charge in [-0.3, -0.25) is 0 Å². The first-order valence-corrected chi connectivity index (χ1v) is 8.53. The summed E-state index contributed by atoms with van der Waals surface area (Å²) in [5, 5.41) is 9.29. The van der Waals surface area contributed by atoms with Gasteiger partial charge < -0.3 is 9.84 Å². The van der Waals surface area contributed by atoms with Crippen LogP contribution >= 0.6 is 0 Å². The minimum atomic E-state index is -0.837. The fourth-order valence-electron chi connectivity index (χ4n) is 3.21. The van der Waals surface area contributed by atoms with E-state index in [1.807, 2.05) is 26.0 Å². The van der Waals surface area contributed by atoms with Gasteiger partial charge in [-0.2, -0.15) is 0 Å². The van der Waals surface area contributed by atoms with E-state index in [2.05, 4.69) is 12.7 Å². The Morgan fingerprint density at radius 2 is 1.88 bits per heavy atom. The van der Waals surface area contributed by atoms with Crippen LogP contribution in [0.1, 0.15) is 52.4 Å². The molecule has 2 rings (SSSR count). The van der Waals surface area contributed by atoms with E-state index < -0.39 is 5.97 Å². The van der Waals surface area contributed by atoms with E-state index in [1.165, 1.54) is 5.57 Å². The Bertz CT molecular complexity index is 622. The van der Waals surface area contributed by atoms with Gasteiger partial charge in [0.05, 0.1) is 0 Å². The van der Waals surface area contributed by atoms with E-state index in [-0.39, 0.29) is 18.0 Å². The predicted molar refractivity (Wildman–Crippen MR) is 93.4 cm³/mol. The molecule has 0 amide bonds. The molecular weight excluding hydrogens is 304 g/mol. The second kappa shape index (κ2) is 8.13. The molecule has 24 heavy (non-hydrogen) atoms. The third kappa shape index (κ3) is 4.70. The largest absolute Gasteiger partial charge is 0.478 e. The number of hydrogen-bond acceptors (Lipinski definition) is 3. The molecule has 1 saturated heterocycles. The Morgan fingerprint density at radius 1 is 1.17 bits per heavy atom. The van der Waals surface area contributed by atoms with Crippen LogP contribution in [0.25, 0.3) is 0 Å². The van der Waals surface area contributed by atoms with Gasteiger partial charge in [0.1, 0.15) is 6.10 Å². The monoisotopic (exact) mass is 330 g/mol. The van der Waals surface area contributed by atoms with Crippen molar-refractivity contribution in [3.05, 3.63) is 47.1 Å². The lowest BCUT2D eigenvalue weighted by Crippen LogP contribution is -2.15. The van der Waals surface area contributed by atoms with Crippen LogP contribution in [0.15, 0.2) is 47.1 Å². The van der Waals surface area contributed by atoms with Gasteiger partial charge in [-0.1, -0.05) is 29.9 Å². The molecule has 0 spiro atoms. The van der Waals surface area contributed by atoms with Gasteiger partial charge in [-0.05, 0) is 58.4 Å². The average molecular weight is 330 g/mol. The Morgan fingerprint density at radius 3 is 2.58 bits per heavy atom. The molecule has 130 valence electrons. The van der Waals surface area contributed by atoms with Crippen LogP contribution in [0.4, 0.5) is 0 Å². The number of carboxylic acids is 1. The molecule has 1 aliphatic heterocycles. The number of ether oxygens (including phenoxy) is 1. The number of carbonyl (C=O) groups excluding carboxylic acids is 1. The van der Waals surface area contributed by atoms with Crippen LogP contribution in [-0.4, -0.2) is 23.1 Å². The maximum absolute atomic E-state index is 11.8. The molecule has 0 bridgehead atoms. The molecule has 0 aromatic heterocycles. The third-order valence-electron chi connectivity index (χ3n) is 4.76. The summed E-state index contributed by atoms with van der Waals surface area (Å²) in [6.07, 6.45) is 10.1. The second-order valence-electron chi connectivity index (χ2n) is 6.72. The topological polar surface area (TPSA) is 63.6 Å². The van der Waals surface area contributed by atoms with E-state index in [4.69, 9.17) is 4.74 Å². The summed E-state index contributed by atoms with van der Waals surface area (Å²) in [6.45, 7) is 7.95. The molecule has 4 heteroatoms. The third-order valence-corrected chi connectivity index (χ3v) is 4.76. The summed E-state index contributed by atoms with van der Waals surface area (Å²) in [4.78, 5) is 23.2. The van der Waals surface area contributed by atoms with Crippen LogP contribution < -0.4 is 0 Å². The van der Waals surface area contributed by atoms with Crippen molar-refractivity contribution in [3.8, 4) is 0 Å². The fraction of sp³-hybridized carbons (Fsp3) is 0.500. The average Bonchev–Trinajstić information content (AvgIpc) is 2.77. The number of aliphatic carboxylic acids is 1. The molecule has 0 aromatic carbocycles. The predicted octanol–water partition coefficient (Wildman–Crippen LogP) is 4.34.